The van der Waals surface area contributed by atoms with Crippen LogP contribution in [0.4, 0.5) is 4.39 Å². The first-order valence-corrected chi connectivity index (χ1v) is 10.9. The van der Waals surface area contributed by atoms with E-state index in [0.717, 1.165) is 55.5 Å². The van der Waals surface area contributed by atoms with E-state index in [1.807, 2.05) is 12.1 Å². The van der Waals surface area contributed by atoms with E-state index < -0.39 is 0 Å². The molecular weight excluding hydrogens is 413 g/mol. The number of hydrogen-bond donors (Lipinski definition) is 1. The first-order chi connectivity index (χ1) is 15.6. The summed E-state index contributed by atoms with van der Waals surface area (Å²) in [5, 5.41) is 17.2. The third-order valence-electron chi connectivity index (χ3n) is 6.04. The van der Waals surface area contributed by atoms with Crippen molar-refractivity contribution in [3.05, 3.63) is 53.5 Å². The summed E-state index contributed by atoms with van der Waals surface area (Å²) in [6, 6.07) is 10.0. The summed E-state index contributed by atoms with van der Waals surface area (Å²) in [6.07, 6.45) is 2.84. The quantitative estimate of drug-likeness (QED) is 0.234. The average molecular weight is 442 g/mol. The molecule has 0 atom stereocenters. The molecule has 1 N–H and O–H groups in total. The van der Waals surface area contributed by atoms with Gasteiger partial charge >= 0.3 is 0 Å². The number of hydrogen-bond acceptors (Lipinski definition) is 7. The maximum absolute atomic E-state index is 13.6. The number of methoxy groups -OCH3 is 1. The first kappa shape index (κ1) is 22.1. The van der Waals surface area contributed by atoms with Gasteiger partial charge in [0.25, 0.3) is 0 Å². The summed E-state index contributed by atoms with van der Waals surface area (Å²) in [5.41, 5.74) is 2.81. The second-order valence-electron chi connectivity index (χ2n) is 8.08. The molecule has 1 saturated heterocycles. The first-order valence-electron chi connectivity index (χ1n) is 10.9. The van der Waals surface area contributed by atoms with Gasteiger partial charge < -0.3 is 24.1 Å². The Labute approximate surface area is 186 Å². The summed E-state index contributed by atoms with van der Waals surface area (Å²) in [5.74, 6) is 1.31. The predicted octanol–water partition coefficient (Wildman–Crippen LogP) is 4.82. The van der Waals surface area contributed by atoms with Crippen LogP contribution in [0.3, 0.4) is 0 Å². The molecule has 1 aliphatic heterocycles. The van der Waals surface area contributed by atoms with Gasteiger partial charge in [0.2, 0.25) is 0 Å². The van der Waals surface area contributed by atoms with E-state index >= 15 is 0 Å². The van der Waals surface area contributed by atoms with Gasteiger partial charge in [0.15, 0.2) is 17.1 Å². The molecule has 7 nitrogen and oxygen atoms in total. The van der Waals surface area contributed by atoms with Crippen molar-refractivity contribution in [1.82, 2.24) is 10.1 Å². The largest absolute Gasteiger partial charge is 0.493 e. The van der Waals surface area contributed by atoms with Crippen LogP contribution in [0.2, 0.25) is 0 Å². The minimum Gasteiger partial charge on any atom is -0.493 e. The van der Waals surface area contributed by atoms with E-state index in [0.29, 0.717) is 35.3 Å². The SMILES string of the molecule is COc1cc(C(C)=NO)ccc1OCCCN1CCC(c2noc3ccc(F)cc23)CC1. The van der Waals surface area contributed by atoms with Gasteiger partial charge in [-0.25, -0.2) is 4.39 Å². The Morgan fingerprint density at radius 1 is 1.22 bits per heavy atom. The zero-order valence-electron chi connectivity index (χ0n) is 18.4. The topological polar surface area (TPSA) is 80.3 Å². The number of fused-ring (bicyclic) bond motifs is 1. The smallest absolute Gasteiger partial charge is 0.167 e. The molecule has 1 aromatic heterocycles. The van der Waals surface area contributed by atoms with Crippen LogP contribution in [-0.2, 0) is 0 Å². The van der Waals surface area contributed by atoms with E-state index in [1.165, 1.54) is 12.1 Å². The van der Waals surface area contributed by atoms with Crippen LogP contribution in [0.5, 0.6) is 11.5 Å². The highest BCUT2D eigenvalue weighted by Crippen LogP contribution is 2.33. The van der Waals surface area contributed by atoms with Gasteiger partial charge in [0, 0.05) is 23.4 Å². The Hall–Kier alpha value is -3.13. The van der Waals surface area contributed by atoms with Crippen molar-refractivity contribution in [2.75, 3.05) is 33.4 Å². The van der Waals surface area contributed by atoms with Crippen molar-refractivity contribution in [2.24, 2.45) is 5.16 Å². The number of ether oxygens (including phenoxy) is 2. The lowest BCUT2D eigenvalue weighted by Crippen LogP contribution is -2.34. The molecule has 170 valence electrons. The van der Waals surface area contributed by atoms with E-state index in [2.05, 4.69) is 15.2 Å². The van der Waals surface area contributed by atoms with Crippen molar-refractivity contribution >= 4 is 16.7 Å². The van der Waals surface area contributed by atoms with Crippen molar-refractivity contribution in [3.8, 4) is 11.5 Å². The number of benzene rings is 2. The molecule has 1 fully saturated rings. The Bertz CT molecular complexity index is 1090. The second-order valence-corrected chi connectivity index (χ2v) is 8.08. The van der Waals surface area contributed by atoms with Crippen molar-refractivity contribution in [3.63, 3.8) is 0 Å². The third-order valence-corrected chi connectivity index (χ3v) is 6.04. The Morgan fingerprint density at radius 3 is 2.78 bits per heavy atom. The Balaban J connectivity index is 1.25. The molecule has 2 aromatic carbocycles. The average Bonchev–Trinajstić information content (AvgIpc) is 3.24. The van der Waals surface area contributed by atoms with Crippen LogP contribution in [0.1, 0.15) is 43.4 Å². The van der Waals surface area contributed by atoms with Gasteiger partial charge in [0.1, 0.15) is 5.82 Å². The molecule has 4 rings (SSSR count). The van der Waals surface area contributed by atoms with Crippen LogP contribution in [0, 0.1) is 5.82 Å². The van der Waals surface area contributed by atoms with Crippen LogP contribution in [0.25, 0.3) is 11.0 Å². The fourth-order valence-corrected chi connectivity index (χ4v) is 4.19. The lowest BCUT2D eigenvalue weighted by molar-refractivity contribution is 0.189. The van der Waals surface area contributed by atoms with Crippen LogP contribution >= 0.6 is 0 Å². The molecule has 0 bridgehead atoms. The number of rotatable bonds is 8. The van der Waals surface area contributed by atoms with E-state index in [4.69, 9.17) is 19.2 Å². The lowest BCUT2D eigenvalue weighted by atomic mass is 9.91. The zero-order chi connectivity index (χ0) is 22.5. The van der Waals surface area contributed by atoms with E-state index in [1.54, 1.807) is 26.2 Å². The molecule has 0 aliphatic carbocycles. The summed E-state index contributed by atoms with van der Waals surface area (Å²) in [6.45, 7) is 5.17. The standard InChI is InChI=1S/C24H28FN3O4/c1-16(26-29)18-4-6-22(23(14-18)30-2)31-13-3-10-28-11-8-17(9-12-28)24-20-15-19(25)5-7-21(20)32-27-24/h4-7,14-15,17,29H,3,8-13H2,1-2H3. The van der Waals surface area contributed by atoms with Gasteiger partial charge in [-0.05, 0) is 75.7 Å². The fraction of sp³-hybridized carbons (Fsp3) is 0.417. The highest BCUT2D eigenvalue weighted by Gasteiger charge is 2.25. The van der Waals surface area contributed by atoms with Crippen LogP contribution in [0.15, 0.2) is 46.1 Å². The van der Waals surface area contributed by atoms with Gasteiger partial charge in [-0.2, -0.15) is 0 Å². The molecule has 0 radical (unpaired) electrons. The highest BCUT2D eigenvalue weighted by molar-refractivity contribution is 5.98. The molecule has 0 amide bonds. The molecule has 2 heterocycles. The fourth-order valence-electron chi connectivity index (χ4n) is 4.19. The van der Waals surface area contributed by atoms with E-state index in [-0.39, 0.29) is 5.82 Å². The predicted molar refractivity (Wildman–Crippen MR) is 119 cm³/mol. The highest BCUT2D eigenvalue weighted by atomic mass is 19.1. The number of halogens is 1. The molecule has 3 aromatic rings. The zero-order valence-corrected chi connectivity index (χ0v) is 18.4. The third kappa shape index (κ3) is 4.85. The second kappa shape index (κ2) is 9.99. The summed E-state index contributed by atoms with van der Waals surface area (Å²) in [4.78, 5) is 2.42. The van der Waals surface area contributed by atoms with Crippen molar-refractivity contribution in [1.29, 1.82) is 0 Å². The molecule has 0 spiro atoms. The number of oxime groups is 1. The van der Waals surface area contributed by atoms with Gasteiger partial charge in [-0.1, -0.05) is 10.3 Å². The molecule has 0 saturated carbocycles. The molecule has 0 unspecified atom stereocenters. The number of piperidine rings is 1. The summed E-state index contributed by atoms with van der Waals surface area (Å²) in [7, 11) is 1.59. The lowest BCUT2D eigenvalue weighted by Gasteiger charge is -2.31. The maximum atomic E-state index is 13.6. The van der Waals surface area contributed by atoms with Crippen molar-refractivity contribution < 1.29 is 23.6 Å². The van der Waals surface area contributed by atoms with E-state index in [9.17, 15) is 4.39 Å². The Kier molecular flexibility index (Phi) is 6.90. The number of nitrogens with zero attached hydrogens (tertiary/aromatic N) is 3. The van der Waals surface area contributed by atoms with Gasteiger partial charge in [0.05, 0.1) is 25.1 Å². The van der Waals surface area contributed by atoms with Crippen molar-refractivity contribution in [2.45, 2.75) is 32.1 Å². The Morgan fingerprint density at radius 2 is 2.03 bits per heavy atom. The molecule has 8 heteroatoms. The molecule has 32 heavy (non-hydrogen) atoms. The molecule has 1 aliphatic rings. The minimum atomic E-state index is -0.262. The normalized spacial score (nSPS) is 15.9. The maximum Gasteiger partial charge on any atom is 0.167 e. The number of likely N-dealkylation sites (tertiary alicyclic amines) is 1. The minimum absolute atomic E-state index is 0.262. The summed E-state index contributed by atoms with van der Waals surface area (Å²) >= 11 is 0. The monoisotopic (exact) mass is 441 g/mol. The van der Waals surface area contributed by atoms with Crippen LogP contribution in [-0.4, -0.2) is 54.3 Å². The van der Waals surface area contributed by atoms with Crippen LogP contribution < -0.4 is 9.47 Å². The number of aromatic nitrogens is 1. The molecular formula is C24H28FN3O4. The van der Waals surface area contributed by atoms with Gasteiger partial charge in [-0.3, -0.25) is 0 Å². The summed E-state index contributed by atoms with van der Waals surface area (Å²) < 4.78 is 30.3. The van der Waals surface area contributed by atoms with Gasteiger partial charge in [-0.15, -0.1) is 0 Å².